The molecule has 0 amide bonds. The summed E-state index contributed by atoms with van der Waals surface area (Å²) in [5.74, 6) is 0. The molecule has 0 saturated carbocycles. The number of hydrogen-bond acceptors (Lipinski definition) is 4. The second kappa shape index (κ2) is 8.22. The maximum Gasteiger partial charge on any atom is 0.266 e. The normalized spacial score (nSPS) is 11.5. The minimum absolute atomic E-state index is 0.00578. The molecule has 0 unspecified atom stereocenters. The Bertz CT molecular complexity index is 1110. The lowest BCUT2D eigenvalue weighted by atomic mass is 10.1. The Kier molecular flexibility index (Phi) is 5.96. The Morgan fingerprint density at radius 1 is 0.963 bits per heavy atom. The van der Waals surface area contributed by atoms with Gasteiger partial charge in [0.15, 0.2) is 0 Å². The third kappa shape index (κ3) is 4.95. The van der Waals surface area contributed by atoms with Crippen LogP contribution in [0.4, 0.5) is 0 Å². The molecule has 9 heteroatoms. The van der Waals surface area contributed by atoms with Crippen LogP contribution in [0.1, 0.15) is 0 Å². The topological polar surface area (TPSA) is 81.1 Å². The van der Waals surface area contributed by atoms with E-state index >= 15 is 0 Å². The first-order valence-electron chi connectivity index (χ1n) is 7.94. The van der Waals surface area contributed by atoms with Gasteiger partial charge in [-0.05, 0) is 36.4 Å². The van der Waals surface area contributed by atoms with Crippen LogP contribution in [-0.4, -0.2) is 24.7 Å². The molecule has 3 aromatic rings. The van der Waals surface area contributed by atoms with E-state index in [1.54, 1.807) is 42.5 Å². The molecule has 1 heterocycles. The molecule has 140 valence electrons. The second-order valence-corrected chi connectivity index (χ2v) is 8.28. The maximum atomic E-state index is 12.3. The van der Waals surface area contributed by atoms with Crippen LogP contribution in [0.2, 0.25) is 10.0 Å². The number of nitrogens with zero attached hydrogens (tertiary/aromatic N) is 2. The van der Waals surface area contributed by atoms with Crippen molar-refractivity contribution >= 4 is 33.2 Å². The summed E-state index contributed by atoms with van der Waals surface area (Å²) in [6, 6.07) is 16.0. The molecule has 1 aromatic heterocycles. The van der Waals surface area contributed by atoms with E-state index < -0.39 is 10.0 Å². The highest BCUT2D eigenvalue weighted by Crippen LogP contribution is 2.18. The van der Waals surface area contributed by atoms with Crippen molar-refractivity contribution in [3.63, 3.8) is 0 Å². The third-order valence-electron chi connectivity index (χ3n) is 3.73. The van der Waals surface area contributed by atoms with Gasteiger partial charge in [0.2, 0.25) is 10.0 Å². The van der Waals surface area contributed by atoms with Crippen LogP contribution in [-0.2, 0) is 16.6 Å². The first kappa shape index (κ1) is 19.6. The minimum Gasteiger partial charge on any atom is -0.268 e. The highest BCUT2D eigenvalue weighted by Gasteiger charge is 2.14. The largest absolute Gasteiger partial charge is 0.268 e. The number of aromatic nitrogens is 2. The van der Waals surface area contributed by atoms with Gasteiger partial charge in [-0.25, -0.2) is 17.8 Å². The van der Waals surface area contributed by atoms with E-state index in [0.29, 0.717) is 15.7 Å². The highest BCUT2D eigenvalue weighted by atomic mass is 35.5. The maximum absolute atomic E-state index is 12.3. The minimum atomic E-state index is -3.73. The van der Waals surface area contributed by atoms with Crippen LogP contribution in [0.5, 0.6) is 0 Å². The standard InChI is InChI=1S/C18H15Cl2N3O3S/c19-14-6-4-13(5-7-14)17-8-9-18(24)23(22-17)11-10-21-27(25,26)16-3-1-2-15(20)12-16/h1-9,12,21H,10-11H2. The van der Waals surface area contributed by atoms with Gasteiger partial charge in [0.05, 0.1) is 17.1 Å². The Balaban J connectivity index is 1.73. The van der Waals surface area contributed by atoms with Crippen molar-refractivity contribution in [3.05, 3.63) is 81.1 Å². The molecule has 27 heavy (non-hydrogen) atoms. The Morgan fingerprint density at radius 3 is 2.41 bits per heavy atom. The Labute approximate surface area is 166 Å². The summed E-state index contributed by atoms with van der Waals surface area (Å²) < 4.78 is 28.2. The molecular weight excluding hydrogens is 409 g/mol. The molecule has 2 aromatic carbocycles. The lowest BCUT2D eigenvalue weighted by Gasteiger charge is -2.09. The number of benzene rings is 2. The molecule has 0 saturated heterocycles. The summed E-state index contributed by atoms with van der Waals surface area (Å²) in [5, 5.41) is 5.21. The summed E-state index contributed by atoms with van der Waals surface area (Å²) in [6.07, 6.45) is 0. The van der Waals surface area contributed by atoms with Gasteiger partial charge in [-0.2, -0.15) is 5.10 Å². The number of sulfonamides is 1. The molecule has 0 spiro atoms. The molecule has 0 atom stereocenters. The van der Waals surface area contributed by atoms with Gasteiger partial charge in [0, 0.05) is 28.2 Å². The summed E-state index contributed by atoms with van der Waals surface area (Å²) in [6.45, 7) is 0.0892. The summed E-state index contributed by atoms with van der Waals surface area (Å²) in [5.41, 5.74) is 1.06. The summed E-state index contributed by atoms with van der Waals surface area (Å²) >= 11 is 11.7. The zero-order valence-electron chi connectivity index (χ0n) is 14.0. The molecule has 0 bridgehead atoms. The van der Waals surface area contributed by atoms with Crippen LogP contribution in [0.3, 0.4) is 0 Å². The Hall–Kier alpha value is -2.19. The van der Waals surface area contributed by atoms with Crippen molar-refractivity contribution in [3.8, 4) is 11.3 Å². The third-order valence-corrected chi connectivity index (χ3v) is 5.67. The molecular formula is C18H15Cl2N3O3S. The number of hydrogen-bond donors (Lipinski definition) is 1. The van der Waals surface area contributed by atoms with Gasteiger partial charge in [-0.15, -0.1) is 0 Å². The van der Waals surface area contributed by atoms with Gasteiger partial charge in [0.25, 0.3) is 5.56 Å². The van der Waals surface area contributed by atoms with Crippen LogP contribution in [0.15, 0.2) is 70.4 Å². The lowest BCUT2D eigenvalue weighted by molar-refractivity contribution is 0.549. The number of halogens is 2. The number of nitrogens with one attached hydrogen (secondary N) is 1. The zero-order valence-corrected chi connectivity index (χ0v) is 16.3. The van der Waals surface area contributed by atoms with Gasteiger partial charge >= 0.3 is 0 Å². The average Bonchev–Trinajstić information content (AvgIpc) is 2.64. The van der Waals surface area contributed by atoms with Crippen LogP contribution >= 0.6 is 23.2 Å². The summed E-state index contributed by atoms with van der Waals surface area (Å²) in [7, 11) is -3.73. The van der Waals surface area contributed by atoms with Crippen molar-refractivity contribution in [2.75, 3.05) is 6.54 Å². The van der Waals surface area contributed by atoms with E-state index in [2.05, 4.69) is 9.82 Å². The van der Waals surface area contributed by atoms with Gasteiger partial charge < -0.3 is 0 Å². The molecule has 0 radical (unpaired) electrons. The fourth-order valence-electron chi connectivity index (χ4n) is 2.39. The lowest BCUT2D eigenvalue weighted by Crippen LogP contribution is -2.32. The first-order valence-corrected chi connectivity index (χ1v) is 10.2. The van der Waals surface area contributed by atoms with E-state index in [1.807, 2.05) is 0 Å². The molecule has 3 rings (SSSR count). The molecule has 0 fully saturated rings. The van der Waals surface area contributed by atoms with Crippen molar-refractivity contribution in [1.29, 1.82) is 0 Å². The van der Waals surface area contributed by atoms with Crippen LogP contribution in [0, 0.1) is 0 Å². The molecule has 6 nitrogen and oxygen atoms in total. The summed E-state index contributed by atoms with van der Waals surface area (Å²) in [4.78, 5) is 12.1. The predicted molar refractivity (Wildman–Crippen MR) is 106 cm³/mol. The second-order valence-electron chi connectivity index (χ2n) is 5.64. The monoisotopic (exact) mass is 423 g/mol. The van der Waals surface area contributed by atoms with Gasteiger partial charge in [-0.1, -0.05) is 41.4 Å². The van der Waals surface area contributed by atoms with Crippen molar-refractivity contribution in [1.82, 2.24) is 14.5 Å². The SMILES string of the molecule is O=c1ccc(-c2ccc(Cl)cc2)nn1CCNS(=O)(=O)c1cccc(Cl)c1. The quantitative estimate of drug-likeness (QED) is 0.659. The predicted octanol–water partition coefficient (Wildman–Crippen LogP) is 3.20. The van der Waals surface area contributed by atoms with E-state index in [0.717, 1.165) is 5.56 Å². The van der Waals surface area contributed by atoms with E-state index in [9.17, 15) is 13.2 Å². The fraction of sp³-hybridized carbons (Fsp3) is 0.111. The average molecular weight is 424 g/mol. The van der Waals surface area contributed by atoms with Crippen molar-refractivity contribution in [2.24, 2.45) is 0 Å². The Morgan fingerprint density at radius 2 is 1.70 bits per heavy atom. The van der Waals surface area contributed by atoms with Crippen LogP contribution < -0.4 is 10.3 Å². The zero-order chi connectivity index (χ0) is 19.4. The molecule has 1 N–H and O–H groups in total. The highest BCUT2D eigenvalue weighted by molar-refractivity contribution is 7.89. The molecule has 0 aliphatic rings. The molecule has 0 aliphatic heterocycles. The van der Waals surface area contributed by atoms with E-state index in [-0.39, 0.29) is 23.5 Å². The van der Waals surface area contributed by atoms with Crippen molar-refractivity contribution in [2.45, 2.75) is 11.4 Å². The van der Waals surface area contributed by atoms with Gasteiger partial charge in [0.1, 0.15) is 0 Å². The first-order chi connectivity index (χ1) is 12.8. The van der Waals surface area contributed by atoms with E-state index in [4.69, 9.17) is 23.2 Å². The smallest absolute Gasteiger partial charge is 0.266 e. The molecule has 0 aliphatic carbocycles. The van der Waals surface area contributed by atoms with Crippen LogP contribution in [0.25, 0.3) is 11.3 Å². The van der Waals surface area contributed by atoms with E-state index in [1.165, 1.54) is 22.9 Å². The van der Waals surface area contributed by atoms with Gasteiger partial charge in [-0.3, -0.25) is 4.79 Å². The van der Waals surface area contributed by atoms with Crippen molar-refractivity contribution < 1.29 is 8.42 Å². The number of rotatable bonds is 6. The fourth-order valence-corrected chi connectivity index (χ4v) is 3.83.